The number of hydrogen-bond donors (Lipinski definition) is 5. The van der Waals surface area contributed by atoms with E-state index in [1.807, 2.05) is 64.1 Å². The first-order valence-corrected chi connectivity index (χ1v) is 9.83. The van der Waals surface area contributed by atoms with Gasteiger partial charge in [-0.1, -0.05) is 12.1 Å². The molecule has 0 aliphatic heterocycles. The molecule has 0 saturated heterocycles. The Labute approximate surface area is 185 Å². The van der Waals surface area contributed by atoms with Gasteiger partial charge in [0.05, 0.1) is 0 Å². The molecule has 0 heterocycles. The van der Waals surface area contributed by atoms with Crippen LogP contribution in [0.3, 0.4) is 0 Å². The van der Waals surface area contributed by atoms with Gasteiger partial charge in [0.15, 0.2) is 0 Å². The average molecular weight is 430 g/mol. The Balaban J connectivity index is 0.000000580. The zero-order valence-electron chi connectivity index (χ0n) is 19.0. The fraction of sp³-hybridized carbons (Fsp3) is 0.391. The van der Waals surface area contributed by atoms with Gasteiger partial charge >= 0.3 is 6.09 Å². The minimum absolute atomic E-state index is 0.134. The van der Waals surface area contributed by atoms with Crippen molar-refractivity contribution in [3.05, 3.63) is 71.1 Å². The molecule has 0 fully saturated rings. The van der Waals surface area contributed by atoms with E-state index in [1.54, 1.807) is 17.6 Å². The molecule has 0 radical (unpaired) electrons. The normalized spacial score (nSPS) is 10.9. The number of nitrogens with one attached hydrogen (secondary N) is 2. The van der Waals surface area contributed by atoms with Crippen molar-refractivity contribution in [2.24, 2.45) is 5.73 Å². The number of nitrogen functional groups attached to an aromatic ring is 1. The second-order valence-corrected chi connectivity index (χ2v) is 7.79. The fourth-order valence-corrected chi connectivity index (χ4v) is 2.23. The van der Waals surface area contributed by atoms with Crippen molar-refractivity contribution in [3.63, 3.8) is 0 Å². The molecule has 8 nitrogen and oxygen atoms in total. The molecule has 7 N–H and O–H groups in total. The molecular weight excluding hydrogens is 394 g/mol. The summed E-state index contributed by atoms with van der Waals surface area (Å²) in [7, 11) is 1.43. The Morgan fingerprint density at radius 1 is 1.13 bits per heavy atom. The predicted molar refractivity (Wildman–Crippen MR) is 126 cm³/mol. The number of hydroxylamine groups is 1. The van der Waals surface area contributed by atoms with Crippen molar-refractivity contribution in [3.8, 4) is 0 Å². The van der Waals surface area contributed by atoms with Gasteiger partial charge in [0.1, 0.15) is 5.60 Å². The molecule has 0 aliphatic carbocycles. The molecule has 0 aromatic heterocycles. The Kier molecular flexibility index (Phi) is 13.3. The summed E-state index contributed by atoms with van der Waals surface area (Å²) in [5.41, 5.74) is 16.1. The molecule has 2 rings (SSSR count). The van der Waals surface area contributed by atoms with Crippen molar-refractivity contribution in [1.29, 1.82) is 0 Å². The van der Waals surface area contributed by atoms with E-state index in [2.05, 4.69) is 10.2 Å². The maximum atomic E-state index is 11.5. The van der Waals surface area contributed by atoms with Crippen LogP contribution in [0.2, 0.25) is 0 Å². The van der Waals surface area contributed by atoms with Crippen LogP contribution < -0.4 is 22.3 Å². The highest BCUT2D eigenvalue weighted by Crippen LogP contribution is 2.13. The summed E-state index contributed by atoms with van der Waals surface area (Å²) in [5, 5.41) is 10.0. The van der Waals surface area contributed by atoms with Crippen LogP contribution in [0.5, 0.6) is 0 Å². The largest absolute Gasteiger partial charge is 0.444 e. The van der Waals surface area contributed by atoms with E-state index in [4.69, 9.17) is 28.0 Å². The molecule has 170 valence electrons. The van der Waals surface area contributed by atoms with E-state index in [0.29, 0.717) is 6.54 Å². The van der Waals surface area contributed by atoms with Gasteiger partial charge in [-0.2, -0.15) is 0 Å². The van der Waals surface area contributed by atoms with Crippen LogP contribution >= 0.6 is 0 Å². The number of hydrogen-bond acceptors (Lipinski definition) is 6. The number of rotatable bonds is 4. The van der Waals surface area contributed by atoms with Crippen LogP contribution in [0.15, 0.2) is 48.5 Å². The molecule has 1 unspecified atom stereocenters. The molecule has 1 atom stereocenters. The smallest absolute Gasteiger partial charge is 0.412 e. The lowest BCUT2D eigenvalue weighted by atomic mass is 10.1. The average Bonchev–Trinajstić information content (AvgIpc) is 2.65. The quantitative estimate of drug-likeness (QED) is 0.281. The van der Waals surface area contributed by atoms with Crippen LogP contribution in [-0.4, -0.2) is 30.0 Å². The Morgan fingerprint density at radius 2 is 1.61 bits per heavy atom. The van der Waals surface area contributed by atoms with E-state index in [1.165, 1.54) is 7.05 Å². The minimum atomic E-state index is -0.487. The third-order valence-electron chi connectivity index (χ3n) is 3.40. The number of carbonyl (C=O) groups is 1. The number of nitrogens with two attached hydrogens (primary N) is 2. The number of amides is 1. The summed E-state index contributed by atoms with van der Waals surface area (Å²) in [6.07, 6.45) is 0.384. The number of carbonyl (C=O) groups excluding carboxylic acids is 1. The highest BCUT2D eigenvalue weighted by molar-refractivity contribution is 5.84. The molecule has 31 heavy (non-hydrogen) atoms. The van der Waals surface area contributed by atoms with Gasteiger partial charge < -0.3 is 26.3 Å². The second kappa shape index (κ2) is 14.8. The number of ether oxygens (including phenoxy) is 1. The topological polar surface area (TPSA) is 127 Å². The van der Waals surface area contributed by atoms with Crippen LogP contribution in [0.1, 0.15) is 38.8 Å². The highest BCUT2D eigenvalue weighted by Gasteiger charge is 2.16. The first kappa shape index (κ1) is 27.9. The lowest BCUT2D eigenvalue weighted by Gasteiger charge is -2.19. The minimum Gasteiger partial charge on any atom is -0.444 e. The molecule has 1 amide bonds. The number of anilines is 2. The second-order valence-electron chi connectivity index (χ2n) is 7.79. The summed E-state index contributed by atoms with van der Waals surface area (Å²) >= 11 is 0. The van der Waals surface area contributed by atoms with E-state index in [0.717, 1.165) is 28.9 Å². The van der Waals surface area contributed by atoms with Crippen molar-refractivity contribution in [2.45, 2.75) is 52.3 Å². The molecule has 0 bridgehead atoms. The van der Waals surface area contributed by atoms with Gasteiger partial charge in [-0.3, -0.25) is 5.32 Å². The van der Waals surface area contributed by atoms with Gasteiger partial charge in [0.2, 0.25) is 6.54 Å². The third kappa shape index (κ3) is 15.4. The van der Waals surface area contributed by atoms with Crippen LogP contribution in [0.4, 0.5) is 16.2 Å². The van der Waals surface area contributed by atoms with Gasteiger partial charge in [-0.15, -0.1) is 0 Å². The lowest BCUT2D eigenvalue weighted by Crippen LogP contribution is -2.27. The van der Waals surface area contributed by atoms with Crippen molar-refractivity contribution < 1.29 is 14.7 Å². The lowest BCUT2D eigenvalue weighted by molar-refractivity contribution is 0.0636. The van der Waals surface area contributed by atoms with E-state index in [9.17, 15) is 4.79 Å². The zero-order valence-corrected chi connectivity index (χ0v) is 19.0. The van der Waals surface area contributed by atoms with Gasteiger partial charge in [0.25, 0.3) is 0 Å². The van der Waals surface area contributed by atoms with Crippen molar-refractivity contribution in [1.82, 2.24) is 5.48 Å². The molecule has 2 aromatic carbocycles. The first-order chi connectivity index (χ1) is 14.5. The number of nitrogens with zero attached hydrogens (tertiary/aromatic N) is 1. The fourth-order valence-electron chi connectivity index (χ4n) is 2.23. The van der Waals surface area contributed by atoms with Crippen LogP contribution in [0.25, 0.3) is 4.85 Å². The van der Waals surface area contributed by atoms with E-state index < -0.39 is 11.7 Å². The molecule has 8 heteroatoms. The summed E-state index contributed by atoms with van der Waals surface area (Å²) in [6.45, 7) is 14.5. The summed E-state index contributed by atoms with van der Waals surface area (Å²) in [5.74, 6) is 0. The first-order valence-electron chi connectivity index (χ1n) is 9.83. The van der Waals surface area contributed by atoms with E-state index >= 15 is 0 Å². The highest BCUT2D eigenvalue weighted by atomic mass is 16.6. The SMILES string of the molecule is CC(N)Cc1ccc(NC(=O)OC(C)(C)C)cc1.CNO.[C-]#[N+]Cc1ccc(N)cc1. The van der Waals surface area contributed by atoms with Crippen molar-refractivity contribution in [2.75, 3.05) is 18.1 Å². The Bertz CT molecular complexity index is 792. The van der Waals surface area contributed by atoms with Crippen molar-refractivity contribution >= 4 is 17.5 Å². The predicted octanol–water partition coefficient (Wildman–Crippen LogP) is 4.21. The summed E-state index contributed by atoms with van der Waals surface area (Å²) < 4.78 is 5.17. The maximum Gasteiger partial charge on any atom is 0.412 e. The monoisotopic (exact) mass is 429 g/mol. The van der Waals surface area contributed by atoms with Gasteiger partial charge in [-0.05, 0) is 76.1 Å². The molecule has 0 saturated carbocycles. The summed E-state index contributed by atoms with van der Waals surface area (Å²) in [4.78, 5) is 14.8. The molecule has 0 spiro atoms. The maximum absolute atomic E-state index is 11.5. The third-order valence-corrected chi connectivity index (χ3v) is 3.40. The van der Waals surface area contributed by atoms with Gasteiger partial charge in [0, 0.05) is 30.0 Å². The molecule has 0 aliphatic rings. The standard InChI is InChI=1S/C14H22N2O2.C8H8N2.CH5NO/c1-10(15)9-11-5-7-12(8-6-11)16-13(17)18-14(2,3)4;1-10-6-7-2-4-8(9)5-3-7;1-2-3/h5-8,10H,9,15H2,1-4H3,(H,16,17);2-5H,6,9H2;2-3H,1H3. The van der Waals surface area contributed by atoms with E-state index in [-0.39, 0.29) is 6.04 Å². The Hall–Kier alpha value is -3.12. The number of benzene rings is 2. The van der Waals surface area contributed by atoms with Crippen LogP contribution in [-0.2, 0) is 17.7 Å². The Morgan fingerprint density at radius 3 is 2.03 bits per heavy atom. The summed E-state index contributed by atoms with van der Waals surface area (Å²) in [6, 6.07) is 15.1. The van der Waals surface area contributed by atoms with Gasteiger partial charge in [-0.25, -0.2) is 16.8 Å². The van der Waals surface area contributed by atoms with Crippen LogP contribution in [0, 0.1) is 6.57 Å². The molecule has 2 aromatic rings. The zero-order chi connectivity index (χ0) is 23.9. The molecular formula is C23H35N5O3.